The van der Waals surface area contributed by atoms with Crippen molar-refractivity contribution in [2.24, 2.45) is 5.92 Å². The van der Waals surface area contributed by atoms with E-state index in [2.05, 4.69) is 24.1 Å². The molecule has 3 rings (SSSR count). The van der Waals surface area contributed by atoms with Gasteiger partial charge in [-0.25, -0.2) is 0 Å². The van der Waals surface area contributed by atoms with Gasteiger partial charge < -0.3 is 4.90 Å². The maximum atomic E-state index is 12.5. The van der Waals surface area contributed by atoms with E-state index in [0.29, 0.717) is 18.1 Å². The maximum absolute atomic E-state index is 12.5. The molecule has 3 fully saturated rings. The molecule has 0 aromatic carbocycles. The Bertz CT molecular complexity index is 320. The number of rotatable bonds is 5. The first-order valence-electron chi connectivity index (χ1n) is 7.30. The monoisotopic (exact) mass is 236 g/mol. The molecule has 0 radical (unpaired) electrons. The molecule has 0 aromatic rings. The lowest BCUT2D eigenvalue weighted by molar-refractivity contribution is -0.133. The number of nitrogens with one attached hydrogen (secondary N) is 1. The highest BCUT2D eigenvalue weighted by Gasteiger charge is 2.59. The van der Waals surface area contributed by atoms with Gasteiger partial charge in [-0.3, -0.25) is 10.1 Å². The summed E-state index contributed by atoms with van der Waals surface area (Å²) in [6.07, 6.45) is 8.55. The van der Waals surface area contributed by atoms with Crippen LogP contribution in [0.5, 0.6) is 0 Å². The highest BCUT2D eigenvalue weighted by molar-refractivity contribution is 5.92. The van der Waals surface area contributed by atoms with Gasteiger partial charge in [0.15, 0.2) is 0 Å². The van der Waals surface area contributed by atoms with Crippen LogP contribution in [0.25, 0.3) is 0 Å². The first kappa shape index (κ1) is 11.5. The predicted molar refractivity (Wildman–Crippen MR) is 67.4 cm³/mol. The van der Waals surface area contributed by atoms with Crippen LogP contribution < -0.4 is 5.32 Å². The third-order valence-corrected chi connectivity index (χ3v) is 4.73. The van der Waals surface area contributed by atoms with Crippen LogP contribution in [-0.4, -0.2) is 28.6 Å². The van der Waals surface area contributed by atoms with Crippen LogP contribution in [0.2, 0.25) is 0 Å². The minimum absolute atomic E-state index is 0.127. The standard InChI is InChI=1S/C14H24N2O/c1-3-11(9-10-5-6-10)16-12(4-2)15-14(7-8-14)13(16)17/h10-12,15H,3-9H2,1-2H3. The van der Waals surface area contributed by atoms with Crippen molar-refractivity contribution in [2.75, 3.05) is 0 Å². The van der Waals surface area contributed by atoms with Crippen LogP contribution in [0.15, 0.2) is 0 Å². The fourth-order valence-corrected chi connectivity index (χ4v) is 3.26. The lowest BCUT2D eigenvalue weighted by Crippen LogP contribution is -2.44. The lowest BCUT2D eigenvalue weighted by Gasteiger charge is -2.32. The zero-order valence-electron chi connectivity index (χ0n) is 11.0. The highest BCUT2D eigenvalue weighted by atomic mass is 16.2. The van der Waals surface area contributed by atoms with Gasteiger partial charge in [0.2, 0.25) is 5.91 Å². The highest BCUT2D eigenvalue weighted by Crippen LogP contribution is 2.45. The Kier molecular flexibility index (Phi) is 2.69. The zero-order valence-corrected chi connectivity index (χ0v) is 11.0. The van der Waals surface area contributed by atoms with E-state index in [0.717, 1.165) is 31.6 Å². The minimum atomic E-state index is -0.127. The van der Waals surface area contributed by atoms with Crippen molar-refractivity contribution in [1.82, 2.24) is 10.2 Å². The molecule has 3 aliphatic rings. The van der Waals surface area contributed by atoms with Crippen LogP contribution >= 0.6 is 0 Å². The van der Waals surface area contributed by atoms with E-state index in [1.54, 1.807) is 0 Å². The van der Waals surface area contributed by atoms with Crippen LogP contribution in [0.4, 0.5) is 0 Å². The molecule has 1 saturated heterocycles. The summed E-state index contributed by atoms with van der Waals surface area (Å²) in [5, 5.41) is 3.58. The van der Waals surface area contributed by atoms with E-state index >= 15 is 0 Å². The summed E-state index contributed by atoms with van der Waals surface area (Å²) < 4.78 is 0. The van der Waals surface area contributed by atoms with E-state index in [9.17, 15) is 4.79 Å². The quantitative estimate of drug-likeness (QED) is 0.794. The van der Waals surface area contributed by atoms with Gasteiger partial charge in [0.25, 0.3) is 0 Å². The van der Waals surface area contributed by atoms with Gasteiger partial charge in [-0.1, -0.05) is 26.7 Å². The van der Waals surface area contributed by atoms with Crippen LogP contribution in [0, 0.1) is 5.92 Å². The Labute approximate surface area is 104 Å². The topological polar surface area (TPSA) is 32.3 Å². The molecule has 0 aromatic heterocycles. The molecular formula is C14H24N2O. The first-order valence-corrected chi connectivity index (χ1v) is 7.30. The van der Waals surface area contributed by atoms with E-state index in [1.807, 2.05) is 0 Å². The fraction of sp³-hybridized carbons (Fsp3) is 0.929. The number of carbonyl (C=O) groups excluding carboxylic acids is 1. The third kappa shape index (κ3) is 1.88. The van der Waals surface area contributed by atoms with Gasteiger partial charge in [-0.05, 0) is 38.0 Å². The Balaban J connectivity index is 1.75. The molecule has 96 valence electrons. The molecule has 3 nitrogen and oxygen atoms in total. The number of hydrogen-bond donors (Lipinski definition) is 1. The molecule has 1 N–H and O–H groups in total. The van der Waals surface area contributed by atoms with E-state index < -0.39 is 0 Å². The second kappa shape index (κ2) is 3.98. The van der Waals surface area contributed by atoms with Crippen molar-refractivity contribution >= 4 is 5.91 Å². The predicted octanol–water partition coefficient (Wildman–Crippen LogP) is 2.27. The Morgan fingerprint density at radius 2 is 2.12 bits per heavy atom. The molecule has 2 saturated carbocycles. The van der Waals surface area contributed by atoms with Crippen LogP contribution in [-0.2, 0) is 4.79 Å². The van der Waals surface area contributed by atoms with Crippen molar-refractivity contribution in [3.63, 3.8) is 0 Å². The molecule has 1 heterocycles. The molecule has 2 unspecified atom stereocenters. The zero-order chi connectivity index (χ0) is 12.0. The Hall–Kier alpha value is -0.570. The molecule has 2 atom stereocenters. The molecule has 1 aliphatic heterocycles. The van der Waals surface area contributed by atoms with Gasteiger partial charge >= 0.3 is 0 Å². The van der Waals surface area contributed by atoms with Gasteiger partial charge in [0, 0.05) is 6.04 Å². The SMILES string of the molecule is CCC(CC1CC1)N1C(=O)C2(CC2)NC1CC. The number of nitrogens with zero attached hydrogens (tertiary/aromatic N) is 1. The summed E-state index contributed by atoms with van der Waals surface area (Å²) in [6.45, 7) is 4.41. The molecule has 2 aliphatic carbocycles. The average Bonchev–Trinajstić information content (AvgIpc) is 3.21. The average molecular weight is 236 g/mol. The fourth-order valence-electron chi connectivity index (χ4n) is 3.26. The Morgan fingerprint density at radius 1 is 1.41 bits per heavy atom. The smallest absolute Gasteiger partial charge is 0.244 e. The summed E-state index contributed by atoms with van der Waals surface area (Å²) >= 11 is 0. The lowest BCUT2D eigenvalue weighted by atomic mass is 10.0. The third-order valence-electron chi connectivity index (χ3n) is 4.73. The molecule has 3 heteroatoms. The summed E-state index contributed by atoms with van der Waals surface area (Å²) in [6, 6.07) is 0.479. The number of amides is 1. The van der Waals surface area contributed by atoms with Gasteiger partial charge in [0.1, 0.15) is 0 Å². The largest absolute Gasteiger partial charge is 0.323 e. The normalized spacial score (nSPS) is 32.2. The van der Waals surface area contributed by atoms with Gasteiger partial charge in [-0.2, -0.15) is 0 Å². The van der Waals surface area contributed by atoms with Gasteiger partial charge in [-0.15, -0.1) is 0 Å². The van der Waals surface area contributed by atoms with Crippen molar-refractivity contribution in [3.05, 3.63) is 0 Å². The second-order valence-corrected chi connectivity index (χ2v) is 6.10. The molecule has 0 bridgehead atoms. The van der Waals surface area contributed by atoms with Crippen LogP contribution in [0.3, 0.4) is 0 Å². The molecular weight excluding hydrogens is 212 g/mol. The number of hydrogen-bond acceptors (Lipinski definition) is 2. The maximum Gasteiger partial charge on any atom is 0.244 e. The van der Waals surface area contributed by atoms with Crippen molar-refractivity contribution in [3.8, 4) is 0 Å². The van der Waals surface area contributed by atoms with Gasteiger partial charge in [0.05, 0.1) is 11.7 Å². The summed E-state index contributed by atoms with van der Waals surface area (Å²) in [5.41, 5.74) is -0.127. The molecule has 1 amide bonds. The Morgan fingerprint density at radius 3 is 2.59 bits per heavy atom. The van der Waals surface area contributed by atoms with E-state index in [4.69, 9.17) is 0 Å². The van der Waals surface area contributed by atoms with Crippen molar-refractivity contribution in [1.29, 1.82) is 0 Å². The minimum Gasteiger partial charge on any atom is -0.323 e. The summed E-state index contributed by atoms with van der Waals surface area (Å²) in [4.78, 5) is 14.7. The molecule has 17 heavy (non-hydrogen) atoms. The first-order chi connectivity index (χ1) is 8.20. The van der Waals surface area contributed by atoms with Crippen molar-refractivity contribution in [2.45, 2.75) is 76.5 Å². The van der Waals surface area contributed by atoms with Crippen molar-refractivity contribution < 1.29 is 4.79 Å². The van der Waals surface area contributed by atoms with E-state index in [1.165, 1.54) is 19.3 Å². The summed E-state index contributed by atoms with van der Waals surface area (Å²) in [7, 11) is 0. The van der Waals surface area contributed by atoms with E-state index in [-0.39, 0.29) is 5.54 Å². The summed E-state index contributed by atoms with van der Waals surface area (Å²) in [5.74, 6) is 1.30. The van der Waals surface area contributed by atoms with Crippen LogP contribution in [0.1, 0.15) is 58.8 Å². The molecule has 1 spiro atoms. The second-order valence-electron chi connectivity index (χ2n) is 6.10. The number of carbonyl (C=O) groups is 1.